The highest BCUT2D eigenvalue weighted by atomic mass is 16.4. The first-order valence-electron chi connectivity index (χ1n) is 4.28. The molecular formula is C9H17NO2. The van der Waals surface area contributed by atoms with Crippen LogP contribution in [-0.4, -0.2) is 22.6 Å². The second-order valence-electron chi connectivity index (χ2n) is 2.79. The van der Waals surface area contributed by atoms with E-state index in [0.29, 0.717) is 6.54 Å². The van der Waals surface area contributed by atoms with Gasteiger partial charge in [-0.15, -0.1) is 0 Å². The summed E-state index contributed by atoms with van der Waals surface area (Å²) in [7, 11) is 0. The molecule has 0 unspecified atom stereocenters. The minimum atomic E-state index is -0.882. The number of nitrogens with zero attached hydrogens (tertiary/aromatic N) is 1. The van der Waals surface area contributed by atoms with Gasteiger partial charge in [0.1, 0.15) is 0 Å². The zero-order chi connectivity index (χ0) is 9.56. The maximum Gasteiger partial charge on any atom is 0.411 e. The molecule has 0 rings (SSSR count). The van der Waals surface area contributed by atoms with Crippen molar-refractivity contribution in [2.45, 2.75) is 33.6 Å². The van der Waals surface area contributed by atoms with Gasteiger partial charge in [0.05, 0.1) is 0 Å². The van der Waals surface area contributed by atoms with Crippen LogP contribution in [0, 0.1) is 0 Å². The van der Waals surface area contributed by atoms with Gasteiger partial charge in [-0.05, 0) is 20.3 Å². The summed E-state index contributed by atoms with van der Waals surface area (Å²) in [4.78, 5) is 11.8. The molecule has 0 aromatic rings. The number of hydrogen-bond acceptors (Lipinski definition) is 1. The van der Waals surface area contributed by atoms with Crippen LogP contribution in [0.15, 0.2) is 11.8 Å². The SMILES string of the molecule is CCCC(C)=CN(CC)C(=O)O. The molecule has 0 aliphatic rings. The summed E-state index contributed by atoms with van der Waals surface area (Å²) in [5, 5.41) is 8.67. The van der Waals surface area contributed by atoms with Gasteiger partial charge in [-0.3, -0.25) is 4.90 Å². The van der Waals surface area contributed by atoms with Crippen LogP contribution in [0.3, 0.4) is 0 Å². The van der Waals surface area contributed by atoms with E-state index in [1.54, 1.807) is 6.20 Å². The summed E-state index contributed by atoms with van der Waals surface area (Å²) < 4.78 is 0. The van der Waals surface area contributed by atoms with Crippen molar-refractivity contribution in [2.75, 3.05) is 6.54 Å². The van der Waals surface area contributed by atoms with Gasteiger partial charge in [0, 0.05) is 12.7 Å². The second-order valence-corrected chi connectivity index (χ2v) is 2.79. The summed E-state index contributed by atoms with van der Waals surface area (Å²) in [5.74, 6) is 0. The van der Waals surface area contributed by atoms with Crippen LogP contribution in [0.4, 0.5) is 4.79 Å². The molecule has 0 heterocycles. The van der Waals surface area contributed by atoms with Crippen LogP contribution >= 0.6 is 0 Å². The molecule has 0 fully saturated rings. The molecule has 0 aliphatic heterocycles. The van der Waals surface area contributed by atoms with Gasteiger partial charge in [-0.1, -0.05) is 18.9 Å². The number of amides is 1. The number of rotatable bonds is 4. The van der Waals surface area contributed by atoms with Gasteiger partial charge in [0.15, 0.2) is 0 Å². The lowest BCUT2D eigenvalue weighted by Gasteiger charge is -2.12. The fraction of sp³-hybridized carbons (Fsp3) is 0.667. The van der Waals surface area contributed by atoms with E-state index in [-0.39, 0.29) is 0 Å². The molecule has 0 radical (unpaired) electrons. The third-order valence-electron chi connectivity index (χ3n) is 1.61. The smallest absolute Gasteiger partial charge is 0.411 e. The molecule has 0 aromatic heterocycles. The molecule has 70 valence electrons. The van der Waals surface area contributed by atoms with E-state index in [4.69, 9.17) is 5.11 Å². The largest absolute Gasteiger partial charge is 0.465 e. The third-order valence-corrected chi connectivity index (χ3v) is 1.61. The fourth-order valence-electron chi connectivity index (χ4n) is 1.01. The molecule has 0 atom stereocenters. The third kappa shape index (κ3) is 4.01. The summed E-state index contributed by atoms with van der Waals surface area (Å²) in [6, 6.07) is 0. The molecular weight excluding hydrogens is 154 g/mol. The standard InChI is InChI=1S/C9H17NO2/c1-4-6-8(3)7-10(5-2)9(11)12/h7H,4-6H2,1-3H3,(H,11,12). The van der Waals surface area contributed by atoms with Gasteiger partial charge in [0.2, 0.25) is 0 Å². The molecule has 0 bridgehead atoms. The normalized spacial score (nSPS) is 11.4. The predicted molar refractivity (Wildman–Crippen MR) is 49.1 cm³/mol. The fourth-order valence-corrected chi connectivity index (χ4v) is 1.01. The Labute approximate surface area is 73.7 Å². The van der Waals surface area contributed by atoms with E-state index in [1.807, 2.05) is 13.8 Å². The summed E-state index contributed by atoms with van der Waals surface area (Å²) >= 11 is 0. The highest BCUT2D eigenvalue weighted by molar-refractivity contribution is 5.66. The van der Waals surface area contributed by atoms with E-state index in [1.165, 1.54) is 4.90 Å². The summed E-state index contributed by atoms with van der Waals surface area (Å²) in [6.45, 7) is 6.36. The highest BCUT2D eigenvalue weighted by Gasteiger charge is 2.04. The predicted octanol–water partition coefficient (Wildman–Crippen LogP) is 2.69. The first-order valence-corrected chi connectivity index (χ1v) is 4.28. The highest BCUT2D eigenvalue weighted by Crippen LogP contribution is 2.05. The number of carboxylic acid groups (broad SMARTS) is 1. The lowest BCUT2D eigenvalue weighted by molar-refractivity contribution is 0.164. The average Bonchev–Trinajstić information content (AvgIpc) is 2.00. The summed E-state index contributed by atoms with van der Waals surface area (Å²) in [6.07, 6.45) is 2.84. The van der Waals surface area contributed by atoms with Crippen molar-refractivity contribution < 1.29 is 9.90 Å². The Kier molecular flexibility index (Phi) is 5.17. The first kappa shape index (κ1) is 11.0. The lowest BCUT2D eigenvalue weighted by atomic mass is 10.2. The summed E-state index contributed by atoms with van der Waals surface area (Å²) in [5.41, 5.74) is 1.11. The van der Waals surface area contributed by atoms with Gasteiger partial charge in [-0.2, -0.15) is 0 Å². The number of allylic oxidation sites excluding steroid dienone is 1. The molecule has 0 aliphatic carbocycles. The van der Waals surface area contributed by atoms with Crippen molar-refractivity contribution in [3.05, 3.63) is 11.8 Å². The van der Waals surface area contributed by atoms with Gasteiger partial charge in [-0.25, -0.2) is 4.79 Å². The minimum absolute atomic E-state index is 0.510. The maximum atomic E-state index is 10.6. The Bertz CT molecular complexity index is 175. The average molecular weight is 171 g/mol. The van der Waals surface area contributed by atoms with Crippen molar-refractivity contribution >= 4 is 6.09 Å². The van der Waals surface area contributed by atoms with E-state index >= 15 is 0 Å². The van der Waals surface area contributed by atoms with Crippen LogP contribution in [0.5, 0.6) is 0 Å². The topological polar surface area (TPSA) is 40.5 Å². The Hall–Kier alpha value is -0.990. The quantitative estimate of drug-likeness (QED) is 0.706. The zero-order valence-electron chi connectivity index (χ0n) is 8.00. The molecule has 0 spiro atoms. The maximum absolute atomic E-state index is 10.6. The van der Waals surface area contributed by atoms with E-state index in [0.717, 1.165) is 18.4 Å². The minimum Gasteiger partial charge on any atom is -0.465 e. The Morgan fingerprint density at radius 3 is 2.42 bits per heavy atom. The first-order chi connectivity index (χ1) is 5.61. The van der Waals surface area contributed by atoms with Gasteiger partial charge in [0.25, 0.3) is 0 Å². The molecule has 3 heteroatoms. The van der Waals surface area contributed by atoms with Crippen molar-refractivity contribution in [1.82, 2.24) is 4.90 Å². The van der Waals surface area contributed by atoms with Crippen LogP contribution < -0.4 is 0 Å². The molecule has 0 saturated heterocycles. The number of hydrogen-bond donors (Lipinski definition) is 1. The van der Waals surface area contributed by atoms with Crippen LogP contribution in [0.2, 0.25) is 0 Å². The van der Waals surface area contributed by atoms with E-state index in [9.17, 15) is 4.79 Å². The molecule has 3 nitrogen and oxygen atoms in total. The molecule has 0 saturated carbocycles. The van der Waals surface area contributed by atoms with Crippen LogP contribution in [-0.2, 0) is 0 Å². The number of carbonyl (C=O) groups is 1. The van der Waals surface area contributed by atoms with Crippen molar-refractivity contribution in [3.63, 3.8) is 0 Å². The monoisotopic (exact) mass is 171 g/mol. The van der Waals surface area contributed by atoms with Crippen molar-refractivity contribution in [2.24, 2.45) is 0 Å². The molecule has 1 N–H and O–H groups in total. The Morgan fingerprint density at radius 1 is 1.50 bits per heavy atom. The Morgan fingerprint density at radius 2 is 2.08 bits per heavy atom. The van der Waals surface area contributed by atoms with Gasteiger partial charge >= 0.3 is 6.09 Å². The van der Waals surface area contributed by atoms with Gasteiger partial charge < -0.3 is 5.11 Å². The second kappa shape index (κ2) is 5.63. The van der Waals surface area contributed by atoms with Crippen LogP contribution in [0.25, 0.3) is 0 Å². The van der Waals surface area contributed by atoms with E-state index in [2.05, 4.69) is 6.92 Å². The van der Waals surface area contributed by atoms with Crippen LogP contribution in [0.1, 0.15) is 33.6 Å². The van der Waals surface area contributed by atoms with Crippen molar-refractivity contribution in [3.8, 4) is 0 Å². The molecule has 12 heavy (non-hydrogen) atoms. The Balaban J connectivity index is 4.15. The van der Waals surface area contributed by atoms with Crippen molar-refractivity contribution in [1.29, 1.82) is 0 Å². The molecule has 1 amide bonds. The molecule has 0 aromatic carbocycles. The van der Waals surface area contributed by atoms with E-state index < -0.39 is 6.09 Å². The zero-order valence-corrected chi connectivity index (χ0v) is 8.00. The lowest BCUT2D eigenvalue weighted by Crippen LogP contribution is -2.23.